The van der Waals surface area contributed by atoms with Crippen molar-refractivity contribution in [3.05, 3.63) is 0 Å². The van der Waals surface area contributed by atoms with E-state index < -0.39 is 0 Å². The molecular formula is C10H21N3O2. The van der Waals surface area contributed by atoms with Gasteiger partial charge in [0.15, 0.2) is 0 Å². The van der Waals surface area contributed by atoms with Gasteiger partial charge in [0.1, 0.15) is 0 Å². The van der Waals surface area contributed by atoms with Crippen LogP contribution in [0, 0.1) is 0 Å². The van der Waals surface area contributed by atoms with Crippen LogP contribution in [0.4, 0.5) is 0 Å². The maximum Gasteiger partial charge on any atom is 0.236 e. The van der Waals surface area contributed by atoms with Crippen molar-refractivity contribution >= 4 is 5.91 Å². The highest BCUT2D eigenvalue weighted by molar-refractivity contribution is 5.78. The Bertz CT molecular complexity index is 209. The number of amides is 1. The van der Waals surface area contributed by atoms with Crippen LogP contribution in [0.25, 0.3) is 0 Å². The topological polar surface area (TPSA) is 44.8 Å². The normalized spacial score (nSPS) is 22.1. The smallest absolute Gasteiger partial charge is 0.236 e. The summed E-state index contributed by atoms with van der Waals surface area (Å²) in [5, 5.41) is 2.88. The molecule has 0 bridgehead atoms. The molecule has 1 unspecified atom stereocenters. The second kappa shape index (κ2) is 6.05. The van der Waals surface area contributed by atoms with Gasteiger partial charge < -0.3 is 19.9 Å². The summed E-state index contributed by atoms with van der Waals surface area (Å²) in [5.74, 6) is 0.157. The summed E-state index contributed by atoms with van der Waals surface area (Å²) in [5.41, 5.74) is 0. The van der Waals surface area contributed by atoms with Gasteiger partial charge in [0.2, 0.25) is 5.91 Å². The van der Waals surface area contributed by atoms with Gasteiger partial charge in [0.25, 0.3) is 0 Å². The van der Waals surface area contributed by atoms with Gasteiger partial charge in [-0.15, -0.1) is 0 Å². The van der Waals surface area contributed by atoms with E-state index in [4.69, 9.17) is 4.74 Å². The fourth-order valence-corrected chi connectivity index (χ4v) is 1.73. The molecule has 0 aromatic heterocycles. The number of carbonyl (C=O) groups is 1. The number of hydrogen-bond acceptors (Lipinski definition) is 4. The van der Waals surface area contributed by atoms with Crippen LogP contribution in [0.2, 0.25) is 0 Å². The second-order valence-electron chi connectivity index (χ2n) is 4.13. The zero-order valence-electron chi connectivity index (χ0n) is 9.82. The molecule has 0 radical (unpaired) electrons. The predicted octanol–water partition coefficient (Wildman–Crippen LogP) is -1.01. The van der Waals surface area contributed by atoms with E-state index in [0.29, 0.717) is 26.2 Å². The Hall–Kier alpha value is -0.650. The van der Waals surface area contributed by atoms with Gasteiger partial charge in [-0.1, -0.05) is 0 Å². The lowest BCUT2D eigenvalue weighted by Crippen LogP contribution is -2.50. The standard InChI is InChI=1S/C10H21N3O2/c1-11-6-10(14)13-4-5-15-9(8-13)7-12(2)3/h9,11H,4-8H2,1-3H3. The van der Waals surface area contributed by atoms with E-state index in [-0.39, 0.29) is 12.0 Å². The monoisotopic (exact) mass is 215 g/mol. The van der Waals surface area contributed by atoms with Crippen LogP contribution in [-0.2, 0) is 9.53 Å². The summed E-state index contributed by atoms with van der Waals surface area (Å²) in [7, 11) is 5.81. The van der Waals surface area contributed by atoms with Crippen LogP contribution in [-0.4, -0.2) is 75.7 Å². The second-order valence-corrected chi connectivity index (χ2v) is 4.13. The Morgan fingerprint density at radius 1 is 1.60 bits per heavy atom. The van der Waals surface area contributed by atoms with E-state index in [2.05, 4.69) is 10.2 Å². The first-order valence-corrected chi connectivity index (χ1v) is 5.32. The summed E-state index contributed by atoms with van der Waals surface area (Å²) in [4.78, 5) is 15.6. The first kappa shape index (κ1) is 12.4. The molecule has 0 aromatic carbocycles. The summed E-state index contributed by atoms with van der Waals surface area (Å²) in [6, 6.07) is 0. The first-order valence-electron chi connectivity index (χ1n) is 5.32. The third kappa shape index (κ3) is 4.15. The number of ether oxygens (including phenoxy) is 1. The van der Waals surface area contributed by atoms with E-state index in [1.807, 2.05) is 19.0 Å². The van der Waals surface area contributed by atoms with E-state index in [1.165, 1.54) is 0 Å². The minimum absolute atomic E-state index is 0.148. The predicted molar refractivity (Wildman–Crippen MR) is 58.8 cm³/mol. The fraction of sp³-hybridized carbons (Fsp3) is 0.900. The third-order valence-corrected chi connectivity index (χ3v) is 2.39. The number of morpholine rings is 1. The van der Waals surface area contributed by atoms with E-state index in [1.54, 1.807) is 7.05 Å². The zero-order valence-corrected chi connectivity index (χ0v) is 9.82. The molecule has 1 N–H and O–H groups in total. The van der Waals surface area contributed by atoms with Gasteiger partial charge in [-0.05, 0) is 21.1 Å². The fourth-order valence-electron chi connectivity index (χ4n) is 1.73. The molecule has 1 atom stereocenters. The number of likely N-dealkylation sites (N-methyl/N-ethyl adjacent to an activating group) is 2. The van der Waals surface area contributed by atoms with Crippen molar-refractivity contribution in [1.29, 1.82) is 0 Å². The molecule has 0 saturated carbocycles. The minimum atomic E-state index is 0.148. The van der Waals surface area contributed by atoms with Crippen molar-refractivity contribution in [3.63, 3.8) is 0 Å². The van der Waals surface area contributed by atoms with Gasteiger partial charge in [0.05, 0.1) is 19.3 Å². The number of hydrogen-bond donors (Lipinski definition) is 1. The molecule has 1 heterocycles. The summed E-state index contributed by atoms with van der Waals surface area (Å²) >= 11 is 0. The van der Waals surface area contributed by atoms with Gasteiger partial charge in [-0.3, -0.25) is 4.79 Å². The highest BCUT2D eigenvalue weighted by Gasteiger charge is 2.23. The highest BCUT2D eigenvalue weighted by Crippen LogP contribution is 2.05. The molecule has 1 aliphatic rings. The quantitative estimate of drug-likeness (QED) is 0.653. The number of nitrogens with one attached hydrogen (secondary N) is 1. The van der Waals surface area contributed by atoms with Crippen LogP contribution < -0.4 is 5.32 Å². The molecule has 15 heavy (non-hydrogen) atoms. The Kier molecular flexibility index (Phi) is 5.01. The number of rotatable bonds is 4. The van der Waals surface area contributed by atoms with Crippen LogP contribution in [0.3, 0.4) is 0 Å². The largest absolute Gasteiger partial charge is 0.373 e. The summed E-state index contributed by atoms with van der Waals surface area (Å²) in [6.07, 6.45) is 0.148. The molecule has 5 nitrogen and oxygen atoms in total. The van der Waals surface area contributed by atoms with Crippen molar-refractivity contribution in [2.24, 2.45) is 0 Å². The molecule has 1 rings (SSSR count). The van der Waals surface area contributed by atoms with E-state index in [9.17, 15) is 4.79 Å². The van der Waals surface area contributed by atoms with E-state index in [0.717, 1.165) is 6.54 Å². The molecule has 1 fully saturated rings. The summed E-state index contributed by atoms with van der Waals surface area (Å²) in [6.45, 7) is 3.34. The highest BCUT2D eigenvalue weighted by atomic mass is 16.5. The van der Waals surface area contributed by atoms with Gasteiger partial charge in [0, 0.05) is 19.6 Å². The Balaban J connectivity index is 2.38. The van der Waals surface area contributed by atoms with E-state index >= 15 is 0 Å². The van der Waals surface area contributed by atoms with Gasteiger partial charge in [-0.2, -0.15) is 0 Å². The van der Waals surface area contributed by atoms with Gasteiger partial charge in [-0.25, -0.2) is 0 Å². The van der Waals surface area contributed by atoms with Crippen LogP contribution >= 0.6 is 0 Å². The average Bonchev–Trinajstić information content (AvgIpc) is 2.17. The van der Waals surface area contributed by atoms with Crippen molar-refractivity contribution in [3.8, 4) is 0 Å². The first-order chi connectivity index (χ1) is 7.13. The minimum Gasteiger partial charge on any atom is -0.373 e. The Labute approximate surface area is 91.4 Å². The van der Waals surface area contributed by atoms with Crippen molar-refractivity contribution in [2.75, 3.05) is 53.9 Å². The molecule has 1 saturated heterocycles. The van der Waals surface area contributed by atoms with Crippen molar-refractivity contribution in [1.82, 2.24) is 15.1 Å². The average molecular weight is 215 g/mol. The molecule has 5 heteroatoms. The SMILES string of the molecule is CNCC(=O)N1CCOC(CN(C)C)C1. The molecule has 1 aliphatic heterocycles. The lowest BCUT2D eigenvalue weighted by Gasteiger charge is -2.34. The lowest BCUT2D eigenvalue weighted by atomic mass is 10.2. The maximum atomic E-state index is 11.6. The number of carbonyl (C=O) groups excluding carboxylic acids is 1. The van der Waals surface area contributed by atoms with Crippen molar-refractivity contribution < 1.29 is 9.53 Å². The third-order valence-electron chi connectivity index (χ3n) is 2.39. The Morgan fingerprint density at radius 2 is 2.33 bits per heavy atom. The van der Waals surface area contributed by atoms with Crippen LogP contribution in [0.1, 0.15) is 0 Å². The lowest BCUT2D eigenvalue weighted by molar-refractivity contribution is -0.138. The molecule has 0 aromatic rings. The van der Waals surface area contributed by atoms with Gasteiger partial charge >= 0.3 is 0 Å². The van der Waals surface area contributed by atoms with Crippen LogP contribution in [0.15, 0.2) is 0 Å². The molecule has 1 amide bonds. The van der Waals surface area contributed by atoms with Crippen LogP contribution in [0.5, 0.6) is 0 Å². The molecule has 0 aliphatic carbocycles. The molecule has 88 valence electrons. The Morgan fingerprint density at radius 3 is 2.93 bits per heavy atom. The zero-order chi connectivity index (χ0) is 11.3. The summed E-state index contributed by atoms with van der Waals surface area (Å²) < 4.78 is 5.59. The van der Waals surface area contributed by atoms with Crippen molar-refractivity contribution in [2.45, 2.75) is 6.10 Å². The molecular weight excluding hydrogens is 194 g/mol. The maximum absolute atomic E-state index is 11.6. The number of nitrogens with zero attached hydrogens (tertiary/aromatic N) is 2. The molecule has 0 spiro atoms.